The molecule has 5 nitrogen and oxygen atoms in total. The van der Waals surface area contributed by atoms with Crippen molar-refractivity contribution in [3.05, 3.63) is 17.3 Å². The Bertz CT molecular complexity index is 572. The molecule has 2 atom stereocenters. The Kier molecular flexibility index (Phi) is 3.63. The van der Waals surface area contributed by atoms with E-state index in [4.69, 9.17) is 9.47 Å². The van der Waals surface area contributed by atoms with E-state index in [-0.39, 0.29) is 12.2 Å². The highest BCUT2D eigenvalue weighted by molar-refractivity contribution is 7.18. The van der Waals surface area contributed by atoms with Gasteiger partial charge in [-0.2, -0.15) is 0 Å². The molecule has 6 heteroatoms. The van der Waals surface area contributed by atoms with Gasteiger partial charge in [0.1, 0.15) is 23.9 Å². The molecule has 1 aliphatic heterocycles. The van der Waals surface area contributed by atoms with Crippen molar-refractivity contribution in [3.8, 4) is 5.88 Å². The second-order valence-corrected chi connectivity index (χ2v) is 6.03. The van der Waals surface area contributed by atoms with Crippen molar-refractivity contribution < 1.29 is 9.47 Å². The molecule has 0 aliphatic carbocycles. The standard InChI is InChI=1S/C13H17N3O2S/c1-8-4-14-5-10(18-8)6-17-12-11-3-9(2)19-13(11)16-7-15-12/h3,7-8,10,14H,4-6H2,1-2H3. The molecule has 3 rings (SSSR count). The van der Waals surface area contributed by atoms with E-state index in [1.165, 1.54) is 4.88 Å². The van der Waals surface area contributed by atoms with Crippen molar-refractivity contribution >= 4 is 21.6 Å². The lowest BCUT2D eigenvalue weighted by Gasteiger charge is -2.28. The molecule has 0 bridgehead atoms. The van der Waals surface area contributed by atoms with Crippen LogP contribution in [-0.2, 0) is 4.74 Å². The van der Waals surface area contributed by atoms with E-state index < -0.39 is 0 Å². The molecule has 19 heavy (non-hydrogen) atoms. The highest BCUT2D eigenvalue weighted by Crippen LogP contribution is 2.28. The van der Waals surface area contributed by atoms with Gasteiger partial charge >= 0.3 is 0 Å². The number of aromatic nitrogens is 2. The maximum Gasteiger partial charge on any atom is 0.225 e. The van der Waals surface area contributed by atoms with Crippen LogP contribution in [0.5, 0.6) is 5.88 Å². The van der Waals surface area contributed by atoms with E-state index in [0.29, 0.717) is 12.5 Å². The minimum atomic E-state index is 0.0773. The quantitative estimate of drug-likeness (QED) is 0.927. The molecule has 0 saturated carbocycles. The third kappa shape index (κ3) is 2.86. The first-order chi connectivity index (χ1) is 9.22. The third-order valence-electron chi connectivity index (χ3n) is 3.05. The fourth-order valence-corrected chi connectivity index (χ4v) is 3.05. The number of thiophene rings is 1. The van der Waals surface area contributed by atoms with Crippen LogP contribution in [0.3, 0.4) is 0 Å². The molecule has 0 spiro atoms. The molecule has 1 N–H and O–H groups in total. The molecule has 3 heterocycles. The van der Waals surface area contributed by atoms with E-state index >= 15 is 0 Å². The van der Waals surface area contributed by atoms with E-state index in [1.807, 2.05) is 0 Å². The lowest BCUT2D eigenvalue weighted by atomic mass is 10.2. The Labute approximate surface area is 116 Å². The van der Waals surface area contributed by atoms with Crippen molar-refractivity contribution in [3.63, 3.8) is 0 Å². The van der Waals surface area contributed by atoms with Crippen molar-refractivity contribution in [1.29, 1.82) is 0 Å². The van der Waals surface area contributed by atoms with Crippen molar-refractivity contribution in [2.45, 2.75) is 26.1 Å². The summed E-state index contributed by atoms with van der Waals surface area (Å²) in [5.74, 6) is 0.649. The maximum atomic E-state index is 5.81. The van der Waals surface area contributed by atoms with Crippen molar-refractivity contribution in [1.82, 2.24) is 15.3 Å². The first kappa shape index (κ1) is 12.8. The Morgan fingerprint density at radius 2 is 2.37 bits per heavy atom. The fourth-order valence-electron chi connectivity index (χ4n) is 2.21. The number of fused-ring (bicyclic) bond motifs is 1. The molecule has 2 aromatic rings. The number of morpholine rings is 1. The maximum absolute atomic E-state index is 5.81. The minimum absolute atomic E-state index is 0.0773. The second-order valence-electron chi connectivity index (χ2n) is 4.79. The first-order valence-electron chi connectivity index (χ1n) is 6.42. The van der Waals surface area contributed by atoms with Gasteiger partial charge in [-0.15, -0.1) is 11.3 Å². The normalized spacial score (nSPS) is 23.7. The summed E-state index contributed by atoms with van der Waals surface area (Å²) >= 11 is 1.65. The van der Waals surface area contributed by atoms with Crippen LogP contribution in [0.2, 0.25) is 0 Å². The number of hydrogen-bond acceptors (Lipinski definition) is 6. The summed E-state index contributed by atoms with van der Waals surface area (Å²) in [6.45, 7) is 6.35. The second kappa shape index (κ2) is 5.40. The highest BCUT2D eigenvalue weighted by atomic mass is 32.1. The van der Waals surface area contributed by atoms with Gasteiger partial charge < -0.3 is 14.8 Å². The molecule has 0 amide bonds. The molecule has 1 fully saturated rings. The molecular weight excluding hydrogens is 262 g/mol. The predicted molar refractivity (Wildman–Crippen MR) is 74.9 cm³/mol. The topological polar surface area (TPSA) is 56.3 Å². The van der Waals surface area contributed by atoms with Gasteiger partial charge in [0.25, 0.3) is 0 Å². The molecule has 0 aromatic carbocycles. The van der Waals surface area contributed by atoms with Gasteiger partial charge in [0, 0.05) is 18.0 Å². The van der Waals surface area contributed by atoms with Crippen molar-refractivity contribution in [2.24, 2.45) is 0 Å². The van der Waals surface area contributed by atoms with Crippen LogP contribution in [0.1, 0.15) is 11.8 Å². The first-order valence-corrected chi connectivity index (χ1v) is 7.24. The van der Waals surface area contributed by atoms with E-state index in [9.17, 15) is 0 Å². The number of ether oxygens (including phenoxy) is 2. The lowest BCUT2D eigenvalue weighted by molar-refractivity contribution is -0.0474. The van der Waals surface area contributed by atoms with Crippen molar-refractivity contribution in [2.75, 3.05) is 19.7 Å². The van der Waals surface area contributed by atoms with Gasteiger partial charge in [0.05, 0.1) is 11.5 Å². The fraction of sp³-hybridized carbons (Fsp3) is 0.538. The van der Waals surface area contributed by atoms with Gasteiger partial charge in [-0.05, 0) is 19.9 Å². The van der Waals surface area contributed by atoms with E-state index in [0.717, 1.165) is 23.3 Å². The summed E-state index contributed by atoms with van der Waals surface area (Å²) in [6, 6.07) is 2.07. The lowest BCUT2D eigenvalue weighted by Crippen LogP contribution is -2.45. The molecule has 2 unspecified atom stereocenters. The number of hydrogen-bond donors (Lipinski definition) is 1. The summed E-state index contributed by atoms with van der Waals surface area (Å²) in [5.41, 5.74) is 0. The Balaban J connectivity index is 1.71. The molecule has 1 saturated heterocycles. The molecule has 1 aliphatic rings. The number of nitrogens with one attached hydrogen (secondary N) is 1. The summed E-state index contributed by atoms with van der Waals surface area (Å²) in [6.07, 6.45) is 1.86. The van der Waals surface area contributed by atoms with Crippen LogP contribution in [0, 0.1) is 6.92 Å². The molecule has 102 valence electrons. The van der Waals surface area contributed by atoms with E-state index in [2.05, 4.69) is 35.2 Å². The van der Waals surface area contributed by atoms with Crippen LogP contribution < -0.4 is 10.1 Å². The zero-order valence-electron chi connectivity index (χ0n) is 11.0. The summed E-state index contributed by atoms with van der Waals surface area (Å²) in [4.78, 5) is 10.7. The Hall–Kier alpha value is -1.24. The van der Waals surface area contributed by atoms with Gasteiger partial charge in [-0.3, -0.25) is 0 Å². The monoisotopic (exact) mass is 279 g/mol. The number of nitrogens with zero attached hydrogens (tertiary/aromatic N) is 2. The van der Waals surface area contributed by atoms with Gasteiger partial charge in [0.2, 0.25) is 5.88 Å². The number of aryl methyl sites for hydroxylation is 1. The summed E-state index contributed by atoms with van der Waals surface area (Å²) < 4.78 is 11.6. The van der Waals surface area contributed by atoms with Crippen LogP contribution in [0.15, 0.2) is 12.4 Å². The van der Waals surface area contributed by atoms with Crippen LogP contribution in [0.25, 0.3) is 10.2 Å². The predicted octanol–water partition coefficient (Wildman–Crippen LogP) is 1.76. The number of rotatable bonds is 3. The third-order valence-corrected chi connectivity index (χ3v) is 4.01. The molecule has 0 radical (unpaired) electrons. The highest BCUT2D eigenvalue weighted by Gasteiger charge is 2.20. The van der Waals surface area contributed by atoms with E-state index in [1.54, 1.807) is 17.7 Å². The zero-order chi connectivity index (χ0) is 13.2. The minimum Gasteiger partial charge on any atom is -0.474 e. The molecular formula is C13H17N3O2S. The SMILES string of the molecule is Cc1cc2c(OCC3CNCC(C)O3)ncnc2s1. The van der Waals surface area contributed by atoms with Gasteiger partial charge in [-0.1, -0.05) is 0 Å². The zero-order valence-corrected chi connectivity index (χ0v) is 11.9. The van der Waals surface area contributed by atoms with Gasteiger partial charge in [0.15, 0.2) is 0 Å². The smallest absolute Gasteiger partial charge is 0.225 e. The van der Waals surface area contributed by atoms with Gasteiger partial charge in [-0.25, -0.2) is 9.97 Å². The van der Waals surface area contributed by atoms with Crippen LogP contribution in [0.4, 0.5) is 0 Å². The van der Waals surface area contributed by atoms with Crippen LogP contribution >= 0.6 is 11.3 Å². The van der Waals surface area contributed by atoms with Crippen LogP contribution in [-0.4, -0.2) is 41.9 Å². The average molecular weight is 279 g/mol. The largest absolute Gasteiger partial charge is 0.474 e. The molecule has 2 aromatic heterocycles. The summed E-state index contributed by atoms with van der Waals surface area (Å²) in [5, 5.41) is 4.31. The summed E-state index contributed by atoms with van der Waals surface area (Å²) in [7, 11) is 0. The Morgan fingerprint density at radius 3 is 3.21 bits per heavy atom. The average Bonchev–Trinajstić information content (AvgIpc) is 2.77. The Morgan fingerprint density at radius 1 is 1.47 bits per heavy atom.